The van der Waals surface area contributed by atoms with E-state index in [4.69, 9.17) is 11.6 Å². The molecule has 1 amide bonds. The van der Waals surface area contributed by atoms with Crippen molar-refractivity contribution in [3.63, 3.8) is 0 Å². The molecule has 1 atom stereocenters. The summed E-state index contributed by atoms with van der Waals surface area (Å²) in [6.45, 7) is 4.13. The predicted octanol–water partition coefficient (Wildman–Crippen LogP) is 3.19. The quantitative estimate of drug-likeness (QED) is 0.833. The van der Waals surface area contributed by atoms with Gasteiger partial charge in [-0.05, 0) is 51.0 Å². The van der Waals surface area contributed by atoms with Crippen molar-refractivity contribution in [1.29, 1.82) is 0 Å². The molecule has 0 heterocycles. The molecule has 0 bridgehead atoms. The highest BCUT2D eigenvalue weighted by Gasteiger charge is 2.30. The van der Waals surface area contributed by atoms with E-state index >= 15 is 0 Å². The smallest absolute Gasteiger partial charge is 0.241 e. The highest BCUT2D eigenvalue weighted by Crippen LogP contribution is 2.23. The summed E-state index contributed by atoms with van der Waals surface area (Å²) in [5, 5.41) is 0.465. The first-order chi connectivity index (χ1) is 11.3. The average molecular weight is 373 g/mol. The van der Waals surface area contributed by atoms with Crippen molar-refractivity contribution in [1.82, 2.24) is 9.62 Å². The number of benzene rings is 1. The lowest BCUT2D eigenvalue weighted by atomic mass is 9.94. The number of likely N-dealkylation sites (N-methyl/N-ethyl adjacent to an activating group) is 1. The Morgan fingerprint density at radius 1 is 1.25 bits per heavy atom. The van der Waals surface area contributed by atoms with Crippen molar-refractivity contribution in [2.75, 3.05) is 6.54 Å². The Balaban J connectivity index is 2.07. The van der Waals surface area contributed by atoms with Crippen molar-refractivity contribution >= 4 is 27.5 Å². The van der Waals surface area contributed by atoms with E-state index in [2.05, 4.69) is 4.72 Å². The van der Waals surface area contributed by atoms with Crippen LogP contribution in [-0.4, -0.2) is 37.9 Å². The van der Waals surface area contributed by atoms with Crippen LogP contribution in [0.2, 0.25) is 5.02 Å². The fourth-order valence-electron chi connectivity index (χ4n) is 3.20. The molecule has 5 nitrogen and oxygen atoms in total. The van der Waals surface area contributed by atoms with Gasteiger partial charge in [0.1, 0.15) is 0 Å². The second kappa shape index (κ2) is 8.32. The molecular weight excluding hydrogens is 348 g/mol. The first-order valence-corrected chi connectivity index (χ1v) is 10.3. The second-order valence-corrected chi connectivity index (χ2v) is 8.36. The number of carbonyl (C=O) groups excluding carboxylic acids is 1. The van der Waals surface area contributed by atoms with Gasteiger partial charge in [0.15, 0.2) is 0 Å². The topological polar surface area (TPSA) is 66.5 Å². The van der Waals surface area contributed by atoms with Gasteiger partial charge in [-0.2, -0.15) is 4.72 Å². The normalized spacial score (nSPS) is 17.5. The zero-order valence-corrected chi connectivity index (χ0v) is 15.7. The van der Waals surface area contributed by atoms with E-state index in [9.17, 15) is 13.2 Å². The molecular formula is C17H25ClN2O3S. The molecule has 0 saturated heterocycles. The highest BCUT2D eigenvalue weighted by atomic mass is 35.5. The van der Waals surface area contributed by atoms with Crippen LogP contribution in [0.15, 0.2) is 29.2 Å². The van der Waals surface area contributed by atoms with Crippen LogP contribution in [0.4, 0.5) is 0 Å². The second-order valence-electron chi connectivity index (χ2n) is 6.21. The summed E-state index contributed by atoms with van der Waals surface area (Å²) in [6, 6.07) is 5.32. The van der Waals surface area contributed by atoms with E-state index in [-0.39, 0.29) is 16.8 Å². The predicted molar refractivity (Wildman–Crippen MR) is 95.5 cm³/mol. The maximum Gasteiger partial charge on any atom is 0.241 e. The van der Waals surface area contributed by atoms with E-state index in [1.807, 2.05) is 11.8 Å². The number of hydrogen-bond donors (Lipinski definition) is 1. The molecule has 0 aromatic heterocycles. The van der Waals surface area contributed by atoms with Crippen molar-refractivity contribution < 1.29 is 13.2 Å². The zero-order valence-electron chi connectivity index (χ0n) is 14.2. The number of carbonyl (C=O) groups is 1. The fourth-order valence-corrected chi connectivity index (χ4v) is 4.52. The van der Waals surface area contributed by atoms with Gasteiger partial charge in [-0.15, -0.1) is 0 Å². The third-order valence-corrected chi connectivity index (χ3v) is 6.27. The number of rotatable bonds is 6. The Morgan fingerprint density at radius 2 is 1.83 bits per heavy atom. The van der Waals surface area contributed by atoms with Crippen LogP contribution in [0.25, 0.3) is 0 Å². The molecule has 0 spiro atoms. The van der Waals surface area contributed by atoms with E-state index in [0.717, 1.165) is 25.7 Å². The summed E-state index contributed by atoms with van der Waals surface area (Å²) in [5.74, 6) is -0.165. The minimum Gasteiger partial charge on any atom is -0.339 e. The lowest BCUT2D eigenvalue weighted by Crippen LogP contribution is -2.50. The fraction of sp³-hybridized carbons (Fsp3) is 0.588. The Morgan fingerprint density at radius 3 is 2.38 bits per heavy atom. The summed E-state index contributed by atoms with van der Waals surface area (Å²) >= 11 is 5.79. The van der Waals surface area contributed by atoms with Crippen LogP contribution in [0.3, 0.4) is 0 Å². The number of amides is 1. The molecule has 1 aromatic carbocycles. The molecule has 1 fully saturated rings. The van der Waals surface area contributed by atoms with Gasteiger partial charge in [0.25, 0.3) is 0 Å². The number of nitrogens with one attached hydrogen (secondary N) is 1. The van der Waals surface area contributed by atoms with Gasteiger partial charge in [0, 0.05) is 17.6 Å². The van der Waals surface area contributed by atoms with Gasteiger partial charge in [-0.25, -0.2) is 8.42 Å². The molecule has 2 rings (SSSR count). The molecule has 7 heteroatoms. The van der Waals surface area contributed by atoms with Crippen LogP contribution in [-0.2, 0) is 14.8 Å². The van der Waals surface area contributed by atoms with E-state index in [1.54, 1.807) is 6.92 Å². The third kappa shape index (κ3) is 4.71. The van der Waals surface area contributed by atoms with Crippen LogP contribution < -0.4 is 4.72 Å². The van der Waals surface area contributed by atoms with Crippen LogP contribution in [0.1, 0.15) is 46.0 Å². The standard InChI is InChI=1S/C17H25ClN2O3S/c1-3-20(15-7-5-4-6-8-15)17(21)13(2)19-24(22,23)16-11-9-14(18)10-12-16/h9-13,15,19H,3-8H2,1-2H3/t13-/m0/s1. The van der Waals surface area contributed by atoms with E-state index in [1.165, 1.54) is 30.7 Å². The maximum atomic E-state index is 12.7. The Kier molecular flexibility index (Phi) is 6.66. The lowest BCUT2D eigenvalue weighted by molar-refractivity contribution is -0.135. The number of nitrogens with zero attached hydrogens (tertiary/aromatic N) is 1. The lowest BCUT2D eigenvalue weighted by Gasteiger charge is -2.35. The molecule has 0 unspecified atom stereocenters. The van der Waals surface area contributed by atoms with Crippen molar-refractivity contribution in [3.8, 4) is 0 Å². The first kappa shape index (κ1) is 19.2. The molecule has 1 aliphatic rings. The third-order valence-electron chi connectivity index (χ3n) is 4.47. The molecule has 0 radical (unpaired) electrons. The highest BCUT2D eigenvalue weighted by molar-refractivity contribution is 7.89. The average Bonchev–Trinajstić information content (AvgIpc) is 2.56. The maximum absolute atomic E-state index is 12.7. The summed E-state index contributed by atoms with van der Waals surface area (Å²) in [5.41, 5.74) is 0. The molecule has 134 valence electrons. The molecule has 1 saturated carbocycles. The summed E-state index contributed by atoms with van der Waals surface area (Å²) in [4.78, 5) is 14.6. The first-order valence-electron chi connectivity index (χ1n) is 8.43. The molecule has 1 aliphatic carbocycles. The van der Waals surface area contributed by atoms with Crippen molar-refractivity contribution in [2.24, 2.45) is 0 Å². The largest absolute Gasteiger partial charge is 0.339 e. The molecule has 0 aliphatic heterocycles. The summed E-state index contributed by atoms with van der Waals surface area (Å²) < 4.78 is 27.3. The number of halogens is 1. The van der Waals surface area contributed by atoms with Gasteiger partial charge in [0.05, 0.1) is 10.9 Å². The summed E-state index contributed by atoms with van der Waals surface area (Å²) in [6.07, 6.45) is 5.45. The number of hydrogen-bond acceptors (Lipinski definition) is 3. The van der Waals surface area contributed by atoms with E-state index < -0.39 is 16.1 Å². The Labute approximate surface area is 149 Å². The van der Waals surface area contributed by atoms with Gasteiger partial charge in [-0.1, -0.05) is 30.9 Å². The van der Waals surface area contributed by atoms with Gasteiger partial charge >= 0.3 is 0 Å². The Bertz CT molecular complexity index is 655. The summed E-state index contributed by atoms with van der Waals surface area (Å²) in [7, 11) is -3.75. The van der Waals surface area contributed by atoms with Crippen LogP contribution in [0.5, 0.6) is 0 Å². The van der Waals surface area contributed by atoms with Gasteiger partial charge < -0.3 is 4.90 Å². The molecule has 24 heavy (non-hydrogen) atoms. The monoisotopic (exact) mass is 372 g/mol. The van der Waals surface area contributed by atoms with Crippen LogP contribution >= 0.6 is 11.6 Å². The minimum absolute atomic E-state index is 0.104. The van der Waals surface area contributed by atoms with Crippen molar-refractivity contribution in [2.45, 2.75) is 62.9 Å². The number of sulfonamides is 1. The zero-order chi connectivity index (χ0) is 17.7. The van der Waals surface area contributed by atoms with E-state index in [0.29, 0.717) is 11.6 Å². The van der Waals surface area contributed by atoms with Gasteiger partial charge in [0.2, 0.25) is 15.9 Å². The van der Waals surface area contributed by atoms with Crippen LogP contribution in [0, 0.1) is 0 Å². The molecule has 1 aromatic rings. The van der Waals surface area contributed by atoms with Gasteiger partial charge in [-0.3, -0.25) is 4.79 Å². The SMILES string of the molecule is CCN(C(=O)[C@H](C)NS(=O)(=O)c1ccc(Cl)cc1)C1CCCCC1. The van der Waals surface area contributed by atoms with Crippen molar-refractivity contribution in [3.05, 3.63) is 29.3 Å². The Hall–Kier alpha value is -1.11. The molecule has 1 N–H and O–H groups in total. The minimum atomic E-state index is -3.75.